The van der Waals surface area contributed by atoms with Crippen LogP contribution < -0.4 is 10.6 Å². The Hall–Kier alpha value is -1.10. The van der Waals surface area contributed by atoms with E-state index in [1.807, 2.05) is 50.2 Å². The van der Waals surface area contributed by atoms with Crippen LogP contribution in [0.25, 0.3) is 0 Å². The van der Waals surface area contributed by atoms with Gasteiger partial charge in [-0.05, 0) is 67.5 Å². The lowest BCUT2D eigenvalue weighted by Gasteiger charge is -2.13. The van der Waals surface area contributed by atoms with Gasteiger partial charge in [0.15, 0.2) is 5.11 Å². The van der Waals surface area contributed by atoms with Crippen LogP contribution in [0.3, 0.4) is 0 Å². The fraction of sp³-hybridized carbons (Fsp3) is 0.133. The Morgan fingerprint density at radius 2 is 1.80 bits per heavy atom. The zero-order chi connectivity index (χ0) is 14.7. The predicted molar refractivity (Wildman–Crippen MR) is 94.9 cm³/mol. The SMILES string of the molecule is Cc1ccc(NC(=S)Nc2ccc(Br)cc2C)cc1Cl. The van der Waals surface area contributed by atoms with E-state index in [1.165, 1.54) is 0 Å². The molecule has 0 aromatic heterocycles. The highest BCUT2D eigenvalue weighted by atomic mass is 79.9. The number of nitrogens with one attached hydrogen (secondary N) is 2. The molecule has 0 saturated heterocycles. The van der Waals surface area contributed by atoms with Gasteiger partial charge in [-0.15, -0.1) is 0 Å². The Morgan fingerprint density at radius 1 is 1.05 bits per heavy atom. The van der Waals surface area contributed by atoms with Crippen molar-refractivity contribution in [1.29, 1.82) is 0 Å². The van der Waals surface area contributed by atoms with Crippen molar-refractivity contribution >= 4 is 56.2 Å². The highest BCUT2D eigenvalue weighted by Gasteiger charge is 2.03. The maximum Gasteiger partial charge on any atom is 0.175 e. The summed E-state index contributed by atoms with van der Waals surface area (Å²) in [6.45, 7) is 3.99. The van der Waals surface area contributed by atoms with Crippen LogP contribution in [0.4, 0.5) is 11.4 Å². The van der Waals surface area contributed by atoms with E-state index in [4.69, 9.17) is 23.8 Å². The lowest BCUT2D eigenvalue weighted by atomic mass is 10.2. The lowest BCUT2D eigenvalue weighted by Crippen LogP contribution is -2.19. The molecule has 104 valence electrons. The van der Waals surface area contributed by atoms with Gasteiger partial charge in [0.25, 0.3) is 0 Å². The number of thiocarbonyl (C=S) groups is 1. The van der Waals surface area contributed by atoms with E-state index in [9.17, 15) is 0 Å². The molecule has 2 N–H and O–H groups in total. The van der Waals surface area contributed by atoms with Crippen LogP contribution >= 0.6 is 39.7 Å². The van der Waals surface area contributed by atoms with Crippen LogP contribution in [-0.2, 0) is 0 Å². The summed E-state index contributed by atoms with van der Waals surface area (Å²) in [6, 6.07) is 11.8. The van der Waals surface area contributed by atoms with Crippen molar-refractivity contribution in [3.63, 3.8) is 0 Å². The van der Waals surface area contributed by atoms with Gasteiger partial charge >= 0.3 is 0 Å². The largest absolute Gasteiger partial charge is 0.332 e. The minimum atomic E-state index is 0.537. The summed E-state index contributed by atoms with van der Waals surface area (Å²) in [7, 11) is 0. The number of hydrogen-bond donors (Lipinski definition) is 2. The van der Waals surface area contributed by atoms with Crippen LogP contribution in [0.15, 0.2) is 40.9 Å². The van der Waals surface area contributed by atoms with Gasteiger partial charge in [-0.3, -0.25) is 0 Å². The summed E-state index contributed by atoms with van der Waals surface area (Å²) in [5.41, 5.74) is 4.00. The second kappa shape index (κ2) is 6.57. The molecule has 0 atom stereocenters. The monoisotopic (exact) mass is 368 g/mol. The van der Waals surface area contributed by atoms with E-state index in [2.05, 4.69) is 26.6 Å². The topological polar surface area (TPSA) is 24.1 Å². The minimum absolute atomic E-state index is 0.537. The van der Waals surface area contributed by atoms with Gasteiger partial charge in [0.1, 0.15) is 0 Å². The number of aryl methyl sites for hydroxylation is 2. The first-order chi connectivity index (χ1) is 9.45. The van der Waals surface area contributed by atoms with Crippen molar-refractivity contribution in [3.8, 4) is 0 Å². The Kier molecular flexibility index (Phi) is 5.02. The molecule has 2 aromatic carbocycles. The zero-order valence-corrected chi connectivity index (χ0v) is 14.3. The molecule has 0 bridgehead atoms. The molecular formula is C15H14BrClN2S. The third-order valence-corrected chi connectivity index (χ3v) is 3.97. The number of hydrogen-bond acceptors (Lipinski definition) is 1. The van der Waals surface area contributed by atoms with Gasteiger partial charge in [0.2, 0.25) is 0 Å². The predicted octanol–water partition coefficient (Wildman–Crippen LogP) is 5.53. The average molecular weight is 370 g/mol. The summed E-state index contributed by atoms with van der Waals surface area (Å²) in [6.07, 6.45) is 0. The van der Waals surface area contributed by atoms with Crippen molar-refractivity contribution in [3.05, 3.63) is 57.0 Å². The maximum atomic E-state index is 6.09. The molecule has 2 nitrogen and oxygen atoms in total. The fourth-order valence-electron chi connectivity index (χ4n) is 1.72. The fourth-order valence-corrected chi connectivity index (χ4v) is 2.61. The molecule has 0 radical (unpaired) electrons. The smallest absolute Gasteiger partial charge is 0.175 e. The van der Waals surface area contributed by atoms with E-state index < -0.39 is 0 Å². The van der Waals surface area contributed by atoms with Crippen molar-refractivity contribution < 1.29 is 0 Å². The molecule has 0 amide bonds. The maximum absolute atomic E-state index is 6.09. The number of rotatable bonds is 2. The van der Waals surface area contributed by atoms with Crippen LogP contribution in [0.1, 0.15) is 11.1 Å². The summed E-state index contributed by atoms with van der Waals surface area (Å²) in [4.78, 5) is 0. The summed E-state index contributed by atoms with van der Waals surface area (Å²) < 4.78 is 1.05. The summed E-state index contributed by atoms with van der Waals surface area (Å²) in [5.74, 6) is 0. The molecule has 2 aromatic rings. The minimum Gasteiger partial charge on any atom is -0.332 e. The molecule has 0 spiro atoms. The Morgan fingerprint density at radius 3 is 2.45 bits per heavy atom. The van der Waals surface area contributed by atoms with Crippen molar-refractivity contribution in [2.45, 2.75) is 13.8 Å². The highest BCUT2D eigenvalue weighted by Crippen LogP contribution is 2.22. The molecule has 5 heteroatoms. The standard InChI is InChI=1S/C15H14BrClN2S/c1-9-3-5-12(8-13(9)17)18-15(20)19-14-6-4-11(16)7-10(14)2/h3-8H,1-2H3,(H2,18,19,20). The van der Waals surface area contributed by atoms with Crippen LogP contribution in [-0.4, -0.2) is 5.11 Å². The molecule has 0 aliphatic heterocycles. The first-order valence-corrected chi connectivity index (χ1v) is 7.64. The molecule has 0 aliphatic rings. The Balaban J connectivity index is 2.07. The van der Waals surface area contributed by atoms with Crippen LogP contribution in [0, 0.1) is 13.8 Å². The third kappa shape index (κ3) is 3.95. The van der Waals surface area contributed by atoms with Gasteiger partial charge in [-0.2, -0.15) is 0 Å². The van der Waals surface area contributed by atoms with Gasteiger partial charge in [-0.25, -0.2) is 0 Å². The van der Waals surface area contributed by atoms with E-state index >= 15 is 0 Å². The quantitative estimate of drug-likeness (QED) is 0.681. The second-order valence-corrected chi connectivity index (χ2v) is 6.23. The normalized spacial score (nSPS) is 10.2. The second-order valence-electron chi connectivity index (χ2n) is 4.50. The van der Waals surface area contributed by atoms with Crippen LogP contribution in [0.2, 0.25) is 5.02 Å². The molecular weight excluding hydrogens is 356 g/mol. The Labute approximate surface area is 137 Å². The molecule has 0 saturated carbocycles. The van der Waals surface area contributed by atoms with Crippen molar-refractivity contribution in [1.82, 2.24) is 0 Å². The van der Waals surface area contributed by atoms with Gasteiger partial charge in [0.05, 0.1) is 0 Å². The summed E-state index contributed by atoms with van der Waals surface area (Å²) >= 11 is 14.8. The molecule has 0 fully saturated rings. The first kappa shape index (κ1) is 15.3. The number of benzene rings is 2. The van der Waals surface area contributed by atoms with Gasteiger partial charge < -0.3 is 10.6 Å². The molecule has 0 unspecified atom stereocenters. The van der Waals surface area contributed by atoms with Crippen LogP contribution in [0.5, 0.6) is 0 Å². The third-order valence-electron chi connectivity index (χ3n) is 2.87. The van der Waals surface area contributed by atoms with E-state index in [0.29, 0.717) is 5.11 Å². The van der Waals surface area contributed by atoms with Crippen molar-refractivity contribution in [2.24, 2.45) is 0 Å². The number of halogens is 2. The van der Waals surface area contributed by atoms with Crippen molar-refractivity contribution in [2.75, 3.05) is 10.6 Å². The molecule has 0 heterocycles. The Bertz CT molecular complexity index is 658. The first-order valence-electron chi connectivity index (χ1n) is 6.06. The molecule has 20 heavy (non-hydrogen) atoms. The lowest BCUT2D eigenvalue weighted by molar-refractivity contribution is 1.43. The number of anilines is 2. The van der Waals surface area contributed by atoms with E-state index in [1.54, 1.807) is 0 Å². The zero-order valence-electron chi connectivity index (χ0n) is 11.1. The molecule has 0 aliphatic carbocycles. The molecule has 2 rings (SSSR count). The summed E-state index contributed by atoms with van der Waals surface area (Å²) in [5, 5.41) is 7.56. The van der Waals surface area contributed by atoms with Gasteiger partial charge in [-0.1, -0.05) is 33.6 Å². The average Bonchev–Trinajstić information content (AvgIpc) is 2.37. The van der Waals surface area contributed by atoms with E-state index in [-0.39, 0.29) is 0 Å². The van der Waals surface area contributed by atoms with Gasteiger partial charge in [0, 0.05) is 20.9 Å². The van der Waals surface area contributed by atoms with E-state index in [0.717, 1.165) is 32.0 Å². The highest BCUT2D eigenvalue weighted by molar-refractivity contribution is 9.10.